The van der Waals surface area contributed by atoms with Crippen molar-refractivity contribution in [3.63, 3.8) is 0 Å². The number of carbonyl (C=O) groups excluding carboxylic acids is 1. The van der Waals surface area contributed by atoms with Gasteiger partial charge in [-0.3, -0.25) is 4.79 Å². The molecule has 3 aromatic rings. The second-order valence-corrected chi connectivity index (χ2v) is 7.15. The summed E-state index contributed by atoms with van der Waals surface area (Å²) in [7, 11) is 1.69. The Kier molecular flexibility index (Phi) is 4.60. The minimum absolute atomic E-state index is 0.172. The molecule has 1 amide bonds. The number of amides is 1. The summed E-state index contributed by atoms with van der Waals surface area (Å²) >= 11 is 0. The van der Waals surface area contributed by atoms with E-state index < -0.39 is 5.60 Å². The summed E-state index contributed by atoms with van der Waals surface area (Å²) in [6, 6.07) is 5.82. The Morgan fingerprint density at radius 2 is 2.14 bits per heavy atom. The molecular formula is C20H23N5O3. The zero-order chi connectivity index (χ0) is 19.9. The number of hydrogen-bond acceptors (Lipinski definition) is 6. The average molecular weight is 381 g/mol. The molecular weight excluding hydrogens is 358 g/mol. The van der Waals surface area contributed by atoms with Gasteiger partial charge in [0.05, 0.1) is 23.5 Å². The van der Waals surface area contributed by atoms with Crippen LogP contribution < -0.4 is 5.32 Å². The van der Waals surface area contributed by atoms with Crippen molar-refractivity contribution in [1.29, 1.82) is 0 Å². The highest BCUT2D eigenvalue weighted by molar-refractivity contribution is 5.91. The first kappa shape index (κ1) is 18.5. The first-order valence-corrected chi connectivity index (χ1v) is 9.17. The van der Waals surface area contributed by atoms with Crippen LogP contribution in [0, 0.1) is 13.8 Å². The number of hydrogen-bond donors (Lipinski definition) is 1. The molecule has 146 valence electrons. The van der Waals surface area contributed by atoms with Gasteiger partial charge in [0.25, 0.3) is 0 Å². The fraction of sp³-hybridized carbons (Fsp3) is 0.400. The predicted octanol–water partition coefficient (Wildman–Crippen LogP) is 2.65. The van der Waals surface area contributed by atoms with Gasteiger partial charge in [-0.15, -0.1) is 0 Å². The Bertz CT molecular complexity index is 1050. The molecule has 3 aromatic heterocycles. The Hall–Kier alpha value is -2.84. The molecule has 1 fully saturated rings. The number of carbonyl (C=O) groups is 1. The third kappa shape index (κ3) is 3.14. The minimum Gasteiger partial charge on any atom is -0.378 e. The van der Waals surface area contributed by atoms with Crippen LogP contribution in [0.15, 0.2) is 24.4 Å². The molecule has 1 N–H and O–H groups in total. The summed E-state index contributed by atoms with van der Waals surface area (Å²) < 4.78 is 13.2. The van der Waals surface area contributed by atoms with Crippen LogP contribution in [0.25, 0.3) is 16.7 Å². The van der Waals surface area contributed by atoms with Gasteiger partial charge in [-0.25, -0.2) is 14.6 Å². The zero-order valence-electron chi connectivity index (χ0n) is 16.4. The van der Waals surface area contributed by atoms with Crippen molar-refractivity contribution in [3.05, 3.63) is 41.3 Å². The maximum atomic E-state index is 11.4. The monoisotopic (exact) mass is 381 g/mol. The normalized spacial score (nSPS) is 19.3. The summed E-state index contributed by atoms with van der Waals surface area (Å²) in [5.74, 6) is 0.997. The second kappa shape index (κ2) is 6.96. The fourth-order valence-corrected chi connectivity index (χ4v) is 3.58. The number of rotatable bonds is 4. The summed E-state index contributed by atoms with van der Waals surface area (Å²) in [4.78, 5) is 20.6. The van der Waals surface area contributed by atoms with Gasteiger partial charge >= 0.3 is 0 Å². The summed E-state index contributed by atoms with van der Waals surface area (Å²) in [6.07, 6.45) is 2.48. The van der Waals surface area contributed by atoms with Crippen LogP contribution in [0.2, 0.25) is 0 Å². The quantitative estimate of drug-likeness (QED) is 0.747. The smallest absolute Gasteiger partial charge is 0.222 e. The van der Waals surface area contributed by atoms with E-state index in [4.69, 9.17) is 14.5 Å². The van der Waals surface area contributed by atoms with Crippen LogP contribution in [-0.2, 0) is 19.9 Å². The standard InChI is InChI=1S/C20H23N5O3/c1-12-7-17(20(27-4)5-6-28-11-20)23-19(8-12)25-16-9-18(22-14(3)26)21-10-15(16)13(2)24-25/h7-10H,5-6,11H2,1-4H3,(H,21,22,26)/t20-/m0/s1. The van der Waals surface area contributed by atoms with Crippen molar-refractivity contribution in [2.75, 3.05) is 25.6 Å². The number of ether oxygens (including phenoxy) is 2. The number of methoxy groups -OCH3 is 1. The van der Waals surface area contributed by atoms with E-state index in [1.807, 2.05) is 32.0 Å². The van der Waals surface area contributed by atoms with Gasteiger partial charge < -0.3 is 14.8 Å². The summed E-state index contributed by atoms with van der Waals surface area (Å²) in [5, 5.41) is 8.29. The number of fused-ring (bicyclic) bond motifs is 1. The molecule has 4 heterocycles. The summed E-state index contributed by atoms with van der Waals surface area (Å²) in [6.45, 7) is 6.54. The van der Waals surface area contributed by atoms with Crippen molar-refractivity contribution >= 4 is 22.6 Å². The number of nitrogens with zero attached hydrogens (tertiary/aromatic N) is 4. The molecule has 4 rings (SSSR count). The van der Waals surface area contributed by atoms with E-state index in [1.54, 1.807) is 18.0 Å². The van der Waals surface area contributed by atoms with Crippen LogP contribution in [0.5, 0.6) is 0 Å². The van der Waals surface area contributed by atoms with Gasteiger partial charge in [0.15, 0.2) is 5.82 Å². The number of aromatic nitrogens is 4. The second-order valence-electron chi connectivity index (χ2n) is 7.15. The van der Waals surface area contributed by atoms with Crippen LogP contribution in [-0.4, -0.2) is 46.0 Å². The van der Waals surface area contributed by atoms with Gasteiger partial charge in [-0.05, 0) is 31.5 Å². The molecule has 0 bridgehead atoms. The van der Waals surface area contributed by atoms with Crippen LogP contribution in [0.3, 0.4) is 0 Å². The number of anilines is 1. The molecule has 1 atom stereocenters. The van der Waals surface area contributed by atoms with Crippen molar-refractivity contribution in [1.82, 2.24) is 19.7 Å². The lowest BCUT2D eigenvalue weighted by molar-refractivity contribution is -0.114. The van der Waals surface area contributed by atoms with Gasteiger partial charge in [0.2, 0.25) is 5.91 Å². The zero-order valence-corrected chi connectivity index (χ0v) is 16.4. The van der Waals surface area contributed by atoms with Crippen LogP contribution >= 0.6 is 0 Å². The maximum Gasteiger partial charge on any atom is 0.222 e. The number of nitrogens with one attached hydrogen (secondary N) is 1. The molecule has 0 spiro atoms. The average Bonchev–Trinajstić information content (AvgIpc) is 3.26. The van der Waals surface area contributed by atoms with Crippen molar-refractivity contribution < 1.29 is 14.3 Å². The minimum atomic E-state index is -0.540. The fourth-order valence-electron chi connectivity index (χ4n) is 3.58. The Morgan fingerprint density at radius 1 is 1.32 bits per heavy atom. The van der Waals surface area contributed by atoms with E-state index in [0.29, 0.717) is 24.8 Å². The number of pyridine rings is 2. The molecule has 1 saturated heterocycles. The van der Waals surface area contributed by atoms with Crippen molar-refractivity contribution in [2.24, 2.45) is 0 Å². The molecule has 0 radical (unpaired) electrons. The SMILES string of the molecule is CO[C@@]1(c2cc(C)cc(-n3nc(C)c4cnc(NC(C)=O)cc43)n2)CCOC1. The van der Waals surface area contributed by atoms with E-state index in [2.05, 4.69) is 15.4 Å². The molecule has 0 saturated carbocycles. The molecule has 1 aliphatic rings. The Balaban J connectivity index is 1.87. The Morgan fingerprint density at radius 3 is 2.82 bits per heavy atom. The lowest BCUT2D eigenvalue weighted by Gasteiger charge is -2.26. The van der Waals surface area contributed by atoms with E-state index in [1.165, 1.54) is 6.92 Å². The predicted molar refractivity (Wildman–Crippen MR) is 105 cm³/mol. The third-order valence-corrected chi connectivity index (χ3v) is 5.07. The van der Waals surface area contributed by atoms with E-state index >= 15 is 0 Å². The highest BCUT2D eigenvalue weighted by atomic mass is 16.5. The molecule has 0 aliphatic carbocycles. The lowest BCUT2D eigenvalue weighted by atomic mass is 9.97. The van der Waals surface area contributed by atoms with E-state index in [-0.39, 0.29) is 5.91 Å². The van der Waals surface area contributed by atoms with Crippen molar-refractivity contribution in [3.8, 4) is 5.82 Å². The molecule has 8 nitrogen and oxygen atoms in total. The third-order valence-electron chi connectivity index (χ3n) is 5.07. The Labute approximate surface area is 162 Å². The van der Waals surface area contributed by atoms with Gasteiger partial charge in [-0.1, -0.05) is 0 Å². The molecule has 0 aromatic carbocycles. The largest absolute Gasteiger partial charge is 0.378 e. The molecule has 8 heteroatoms. The molecule has 1 aliphatic heterocycles. The van der Waals surface area contributed by atoms with Crippen LogP contribution in [0.1, 0.15) is 30.3 Å². The van der Waals surface area contributed by atoms with E-state index in [0.717, 1.165) is 34.3 Å². The number of aryl methyl sites for hydroxylation is 2. The van der Waals surface area contributed by atoms with Gasteiger partial charge in [0, 0.05) is 44.7 Å². The van der Waals surface area contributed by atoms with Gasteiger partial charge in [-0.2, -0.15) is 5.10 Å². The summed E-state index contributed by atoms with van der Waals surface area (Å²) in [5.41, 5.74) is 3.02. The highest BCUT2D eigenvalue weighted by Crippen LogP contribution is 2.34. The highest BCUT2D eigenvalue weighted by Gasteiger charge is 2.38. The first-order valence-electron chi connectivity index (χ1n) is 9.17. The topological polar surface area (TPSA) is 91.2 Å². The molecule has 28 heavy (non-hydrogen) atoms. The maximum absolute atomic E-state index is 11.4. The first-order chi connectivity index (χ1) is 13.4. The van der Waals surface area contributed by atoms with Crippen LogP contribution in [0.4, 0.5) is 5.82 Å². The van der Waals surface area contributed by atoms with Crippen molar-refractivity contribution in [2.45, 2.75) is 32.8 Å². The lowest BCUT2D eigenvalue weighted by Crippen LogP contribution is -2.30. The van der Waals surface area contributed by atoms with Gasteiger partial charge in [0.1, 0.15) is 11.4 Å². The molecule has 0 unspecified atom stereocenters. The van der Waals surface area contributed by atoms with E-state index in [9.17, 15) is 4.79 Å².